The van der Waals surface area contributed by atoms with E-state index in [1.165, 1.54) is 0 Å². The van der Waals surface area contributed by atoms with Gasteiger partial charge < -0.3 is 10.6 Å². The van der Waals surface area contributed by atoms with Crippen molar-refractivity contribution in [2.24, 2.45) is 11.1 Å². The Labute approximate surface area is 148 Å². The molecule has 7 nitrogen and oxygen atoms in total. The van der Waals surface area contributed by atoms with Gasteiger partial charge in [-0.2, -0.15) is 0 Å². The minimum absolute atomic E-state index is 0.0548. The fraction of sp³-hybridized carbons (Fsp3) is 0.556. The van der Waals surface area contributed by atoms with E-state index in [1.54, 1.807) is 4.68 Å². The molecule has 1 aromatic heterocycles. The number of benzene rings is 1. The highest BCUT2D eigenvalue weighted by atomic mass is 16.2. The maximum absolute atomic E-state index is 13.3. The number of aromatic nitrogens is 4. The van der Waals surface area contributed by atoms with Crippen LogP contribution in [0, 0.1) is 12.3 Å². The van der Waals surface area contributed by atoms with E-state index in [1.807, 2.05) is 42.2 Å². The Morgan fingerprint density at radius 1 is 1.36 bits per heavy atom. The molecule has 2 heterocycles. The number of nitrogens with two attached hydrogens (primary N) is 1. The lowest BCUT2D eigenvalue weighted by molar-refractivity contribution is -0.138. The van der Waals surface area contributed by atoms with Crippen molar-refractivity contribution in [3.63, 3.8) is 0 Å². The summed E-state index contributed by atoms with van der Waals surface area (Å²) in [5.41, 5.74) is 7.21. The van der Waals surface area contributed by atoms with Crippen molar-refractivity contribution in [1.29, 1.82) is 0 Å². The molecule has 7 heteroatoms. The lowest BCUT2D eigenvalue weighted by Crippen LogP contribution is -2.55. The first-order valence-corrected chi connectivity index (χ1v) is 8.71. The predicted octanol–water partition coefficient (Wildman–Crippen LogP) is 1.35. The lowest BCUT2D eigenvalue weighted by atomic mass is 9.79. The molecule has 0 radical (unpaired) electrons. The molecule has 1 aliphatic heterocycles. The number of rotatable bonds is 4. The third kappa shape index (κ3) is 3.71. The van der Waals surface area contributed by atoms with Crippen molar-refractivity contribution in [2.45, 2.75) is 45.7 Å². The number of likely N-dealkylation sites (tertiary alicyclic amines) is 1. The largest absolute Gasteiger partial charge is 0.340 e. The molecule has 134 valence electrons. The van der Waals surface area contributed by atoms with Crippen LogP contribution < -0.4 is 5.73 Å². The van der Waals surface area contributed by atoms with E-state index in [0.717, 1.165) is 12.0 Å². The van der Waals surface area contributed by atoms with Gasteiger partial charge in [0.1, 0.15) is 11.9 Å². The molecular weight excluding hydrogens is 316 g/mol. The van der Waals surface area contributed by atoms with E-state index in [2.05, 4.69) is 29.4 Å². The van der Waals surface area contributed by atoms with Crippen LogP contribution in [0.15, 0.2) is 30.3 Å². The highest BCUT2D eigenvalue weighted by Gasteiger charge is 2.38. The smallest absolute Gasteiger partial charge is 0.247 e. The van der Waals surface area contributed by atoms with E-state index < -0.39 is 6.04 Å². The van der Waals surface area contributed by atoms with Gasteiger partial charge in [0.05, 0.1) is 0 Å². The number of tetrazole rings is 1. The first-order chi connectivity index (χ1) is 11.9. The van der Waals surface area contributed by atoms with E-state index in [-0.39, 0.29) is 17.4 Å². The van der Waals surface area contributed by atoms with Crippen LogP contribution in [-0.4, -0.2) is 50.1 Å². The number of amides is 1. The minimum Gasteiger partial charge on any atom is -0.340 e. The van der Waals surface area contributed by atoms with E-state index in [4.69, 9.17) is 5.73 Å². The Morgan fingerprint density at radius 3 is 2.68 bits per heavy atom. The zero-order chi connectivity index (χ0) is 18.0. The molecule has 2 unspecified atom stereocenters. The Bertz CT molecular complexity index is 726. The van der Waals surface area contributed by atoms with Crippen molar-refractivity contribution in [3.05, 3.63) is 41.7 Å². The van der Waals surface area contributed by atoms with Crippen LogP contribution in [0.2, 0.25) is 0 Å². The summed E-state index contributed by atoms with van der Waals surface area (Å²) in [6.07, 6.45) is 1.37. The van der Waals surface area contributed by atoms with Crippen LogP contribution in [0.3, 0.4) is 0 Å². The Balaban J connectivity index is 1.86. The molecular formula is C18H26N6O. The molecule has 2 atom stereocenters. The predicted molar refractivity (Wildman–Crippen MR) is 94.7 cm³/mol. The summed E-state index contributed by atoms with van der Waals surface area (Å²) in [7, 11) is 0. The number of hydrogen-bond acceptors (Lipinski definition) is 5. The summed E-state index contributed by atoms with van der Waals surface area (Å²) in [5, 5.41) is 11.7. The molecule has 0 bridgehead atoms. The zero-order valence-corrected chi connectivity index (χ0v) is 15.1. The molecule has 1 fully saturated rings. The summed E-state index contributed by atoms with van der Waals surface area (Å²) in [5.74, 6) is 0.696. The van der Waals surface area contributed by atoms with Gasteiger partial charge in [0, 0.05) is 25.6 Å². The fourth-order valence-electron chi connectivity index (χ4n) is 3.41. The second-order valence-electron chi connectivity index (χ2n) is 7.52. The number of piperidine rings is 1. The van der Waals surface area contributed by atoms with Crippen molar-refractivity contribution in [1.82, 2.24) is 25.1 Å². The molecule has 1 aliphatic rings. The zero-order valence-electron chi connectivity index (χ0n) is 15.1. The molecule has 0 saturated carbocycles. The first-order valence-electron chi connectivity index (χ1n) is 8.71. The second-order valence-corrected chi connectivity index (χ2v) is 7.52. The third-order valence-corrected chi connectivity index (χ3v) is 5.13. The van der Waals surface area contributed by atoms with Gasteiger partial charge in [0.15, 0.2) is 0 Å². The number of nitrogens with zero attached hydrogens (tertiary/aromatic N) is 5. The van der Waals surface area contributed by atoms with Crippen LogP contribution in [-0.2, 0) is 11.2 Å². The van der Waals surface area contributed by atoms with Crippen molar-refractivity contribution >= 4 is 5.91 Å². The molecule has 1 saturated heterocycles. The van der Waals surface area contributed by atoms with Crippen molar-refractivity contribution in [3.8, 4) is 0 Å². The van der Waals surface area contributed by atoms with Crippen LogP contribution in [0.5, 0.6) is 0 Å². The van der Waals surface area contributed by atoms with Gasteiger partial charge in [-0.05, 0) is 34.7 Å². The Kier molecular flexibility index (Phi) is 4.85. The van der Waals surface area contributed by atoms with E-state index in [0.29, 0.717) is 25.3 Å². The lowest BCUT2D eigenvalue weighted by Gasteiger charge is -2.43. The molecule has 1 aromatic carbocycles. The quantitative estimate of drug-likeness (QED) is 0.906. The van der Waals surface area contributed by atoms with Gasteiger partial charge in [-0.1, -0.05) is 44.2 Å². The van der Waals surface area contributed by atoms with Gasteiger partial charge in [-0.15, -0.1) is 5.10 Å². The van der Waals surface area contributed by atoms with Crippen molar-refractivity contribution < 1.29 is 4.79 Å². The Hall–Kier alpha value is -2.28. The Morgan fingerprint density at radius 2 is 2.08 bits per heavy atom. The number of carbonyl (C=O) groups is 1. The van der Waals surface area contributed by atoms with Crippen LogP contribution >= 0.6 is 0 Å². The number of carbonyl (C=O) groups excluding carboxylic acids is 1. The monoisotopic (exact) mass is 342 g/mol. The van der Waals surface area contributed by atoms with Gasteiger partial charge in [-0.3, -0.25) is 4.79 Å². The maximum atomic E-state index is 13.3. The molecule has 2 aromatic rings. The average Bonchev–Trinajstić information content (AvgIpc) is 3.01. The first kappa shape index (κ1) is 17.5. The van der Waals surface area contributed by atoms with Crippen LogP contribution in [0.25, 0.3) is 0 Å². The average molecular weight is 342 g/mol. The fourth-order valence-corrected chi connectivity index (χ4v) is 3.41. The minimum atomic E-state index is -0.442. The SMILES string of the molecule is Cc1nnnn1C(Cc1ccccc1)C(=O)N1CCC(N)C(C)(C)C1. The number of hydrogen-bond donors (Lipinski definition) is 1. The topological polar surface area (TPSA) is 89.9 Å². The van der Waals surface area contributed by atoms with Gasteiger partial charge in [0.2, 0.25) is 5.91 Å². The summed E-state index contributed by atoms with van der Waals surface area (Å²) in [4.78, 5) is 15.2. The molecule has 3 rings (SSSR count). The summed E-state index contributed by atoms with van der Waals surface area (Å²) < 4.78 is 1.64. The second kappa shape index (κ2) is 6.92. The highest BCUT2D eigenvalue weighted by molar-refractivity contribution is 5.81. The molecule has 1 amide bonds. The van der Waals surface area contributed by atoms with Crippen LogP contribution in [0.4, 0.5) is 0 Å². The standard InChI is InChI=1S/C18H26N6O/c1-13-20-21-22-24(13)15(11-14-7-5-4-6-8-14)17(25)23-10-9-16(19)18(2,3)12-23/h4-8,15-16H,9-12,19H2,1-3H3. The number of aryl methyl sites for hydroxylation is 1. The molecule has 0 aliphatic carbocycles. The highest BCUT2D eigenvalue weighted by Crippen LogP contribution is 2.29. The molecule has 2 N–H and O–H groups in total. The maximum Gasteiger partial charge on any atom is 0.247 e. The summed E-state index contributed by atoms with van der Waals surface area (Å²) in [6.45, 7) is 7.38. The summed E-state index contributed by atoms with van der Waals surface area (Å²) in [6, 6.07) is 9.64. The molecule has 25 heavy (non-hydrogen) atoms. The normalized spacial score (nSPS) is 21.1. The third-order valence-electron chi connectivity index (χ3n) is 5.13. The van der Waals surface area contributed by atoms with Gasteiger partial charge in [0.25, 0.3) is 0 Å². The van der Waals surface area contributed by atoms with Crippen LogP contribution in [0.1, 0.15) is 37.7 Å². The van der Waals surface area contributed by atoms with Gasteiger partial charge in [-0.25, -0.2) is 4.68 Å². The summed E-state index contributed by atoms with van der Waals surface area (Å²) >= 11 is 0. The van der Waals surface area contributed by atoms with Gasteiger partial charge >= 0.3 is 0 Å². The molecule has 0 spiro atoms. The van der Waals surface area contributed by atoms with E-state index >= 15 is 0 Å². The van der Waals surface area contributed by atoms with E-state index in [9.17, 15) is 4.79 Å². The van der Waals surface area contributed by atoms with Crippen molar-refractivity contribution in [2.75, 3.05) is 13.1 Å².